The van der Waals surface area contributed by atoms with Gasteiger partial charge < -0.3 is 10.2 Å². The molecule has 0 radical (unpaired) electrons. The molecule has 2 unspecified atom stereocenters. The van der Waals surface area contributed by atoms with E-state index in [1.54, 1.807) is 30.1 Å². The number of hydrogen-bond donors (Lipinski definition) is 1. The van der Waals surface area contributed by atoms with E-state index in [4.69, 9.17) is 23.2 Å². The first-order chi connectivity index (χ1) is 10.5. The van der Waals surface area contributed by atoms with Crippen LogP contribution in [0.5, 0.6) is 0 Å². The average Bonchev–Trinajstić information content (AvgIpc) is 3.29. The van der Waals surface area contributed by atoms with Crippen molar-refractivity contribution in [2.24, 2.45) is 11.8 Å². The van der Waals surface area contributed by atoms with Gasteiger partial charge in [0, 0.05) is 13.6 Å². The van der Waals surface area contributed by atoms with Gasteiger partial charge in [-0.2, -0.15) is 0 Å². The summed E-state index contributed by atoms with van der Waals surface area (Å²) in [5.74, 6) is -0.608. The predicted octanol–water partition coefficient (Wildman–Crippen LogP) is 3.83. The highest BCUT2D eigenvalue weighted by atomic mass is 35.5. The number of benzene rings is 1. The predicted molar refractivity (Wildman–Crippen MR) is 89.2 cm³/mol. The molecule has 1 aliphatic rings. The number of rotatable bonds is 6. The molecule has 2 atom stereocenters. The van der Waals surface area contributed by atoms with E-state index in [-0.39, 0.29) is 23.7 Å². The lowest BCUT2D eigenvalue weighted by molar-refractivity contribution is -0.132. The molecule has 1 aromatic rings. The summed E-state index contributed by atoms with van der Waals surface area (Å²) < 4.78 is 0. The fourth-order valence-electron chi connectivity index (χ4n) is 2.37. The first-order valence-corrected chi connectivity index (χ1v) is 8.21. The number of halogens is 2. The van der Waals surface area contributed by atoms with Crippen LogP contribution >= 0.6 is 23.2 Å². The van der Waals surface area contributed by atoms with Crippen LogP contribution in [0.2, 0.25) is 10.0 Å². The van der Waals surface area contributed by atoms with Gasteiger partial charge in [-0.1, -0.05) is 42.6 Å². The lowest BCUT2D eigenvalue weighted by atomic mass is 10.2. The Bertz CT molecular complexity index is 577. The Morgan fingerprint density at radius 2 is 2.05 bits per heavy atom. The number of unbranched alkanes of at least 4 members (excludes halogenated alkanes) is 1. The van der Waals surface area contributed by atoms with Crippen LogP contribution < -0.4 is 5.32 Å². The van der Waals surface area contributed by atoms with Crippen LogP contribution in [-0.4, -0.2) is 30.3 Å². The second-order valence-electron chi connectivity index (χ2n) is 5.65. The molecular formula is C16H20Cl2N2O2. The highest BCUT2D eigenvalue weighted by molar-refractivity contribution is 6.44. The number of anilines is 1. The third kappa shape index (κ3) is 3.93. The van der Waals surface area contributed by atoms with Gasteiger partial charge in [-0.3, -0.25) is 9.59 Å². The van der Waals surface area contributed by atoms with E-state index in [9.17, 15) is 9.59 Å². The summed E-state index contributed by atoms with van der Waals surface area (Å²) in [5.41, 5.74) is 0.483. The van der Waals surface area contributed by atoms with E-state index >= 15 is 0 Å². The Balaban J connectivity index is 1.90. The molecule has 4 nitrogen and oxygen atoms in total. The summed E-state index contributed by atoms with van der Waals surface area (Å²) in [6.45, 7) is 2.82. The lowest BCUT2D eigenvalue weighted by Crippen LogP contribution is -2.30. The minimum Gasteiger partial charge on any atom is -0.346 e. The first-order valence-electron chi connectivity index (χ1n) is 7.45. The van der Waals surface area contributed by atoms with E-state index in [1.807, 2.05) is 0 Å². The molecule has 1 saturated carbocycles. The molecule has 1 aromatic carbocycles. The Morgan fingerprint density at radius 1 is 1.32 bits per heavy atom. The Morgan fingerprint density at radius 3 is 2.73 bits per heavy atom. The van der Waals surface area contributed by atoms with Gasteiger partial charge in [-0.25, -0.2) is 0 Å². The summed E-state index contributed by atoms with van der Waals surface area (Å²) in [7, 11) is 1.79. The van der Waals surface area contributed by atoms with Crippen LogP contribution in [-0.2, 0) is 9.59 Å². The van der Waals surface area contributed by atoms with Gasteiger partial charge in [0.25, 0.3) is 0 Å². The van der Waals surface area contributed by atoms with Crippen LogP contribution in [0.3, 0.4) is 0 Å². The van der Waals surface area contributed by atoms with E-state index < -0.39 is 0 Å². The van der Waals surface area contributed by atoms with Crippen molar-refractivity contribution in [2.75, 3.05) is 18.9 Å². The van der Waals surface area contributed by atoms with Crippen LogP contribution in [0.15, 0.2) is 18.2 Å². The number of carbonyl (C=O) groups is 2. The summed E-state index contributed by atoms with van der Waals surface area (Å²) in [4.78, 5) is 26.1. The lowest BCUT2D eigenvalue weighted by Gasteiger charge is -2.16. The van der Waals surface area contributed by atoms with Crippen LogP contribution in [0.1, 0.15) is 26.2 Å². The molecule has 0 saturated heterocycles. The molecule has 1 aliphatic carbocycles. The summed E-state index contributed by atoms with van der Waals surface area (Å²) >= 11 is 12.0. The zero-order chi connectivity index (χ0) is 16.3. The minimum absolute atomic E-state index is 0.0470. The maximum Gasteiger partial charge on any atom is 0.228 e. The van der Waals surface area contributed by atoms with Crippen molar-refractivity contribution in [2.45, 2.75) is 26.2 Å². The molecule has 22 heavy (non-hydrogen) atoms. The average molecular weight is 343 g/mol. The van der Waals surface area contributed by atoms with Gasteiger partial charge in [0.2, 0.25) is 11.8 Å². The van der Waals surface area contributed by atoms with Crippen molar-refractivity contribution in [1.82, 2.24) is 4.90 Å². The van der Waals surface area contributed by atoms with Crippen molar-refractivity contribution in [1.29, 1.82) is 0 Å². The van der Waals surface area contributed by atoms with Gasteiger partial charge in [0.15, 0.2) is 0 Å². The highest BCUT2D eigenvalue weighted by Gasteiger charge is 2.49. The number of carbonyl (C=O) groups excluding carboxylic acids is 2. The zero-order valence-corrected chi connectivity index (χ0v) is 14.2. The minimum atomic E-state index is -0.272. The van der Waals surface area contributed by atoms with Gasteiger partial charge in [-0.15, -0.1) is 0 Å². The molecule has 2 amide bonds. The molecule has 6 heteroatoms. The number of nitrogens with one attached hydrogen (secondary N) is 1. The highest BCUT2D eigenvalue weighted by Crippen LogP contribution is 2.41. The smallest absolute Gasteiger partial charge is 0.228 e. The number of amides is 2. The summed E-state index contributed by atoms with van der Waals surface area (Å²) in [6, 6.07) is 5.07. The standard InChI is InChI=1S/C16H20Cl2N2O2/c1-3-4-8-20(2)16(22)11-9-10(11)15(21)19-13-7-5-6-12(17)14(13)18/h5-7,10-11H,3-4,8-9H2,1-2H3,(H,19,21). The third-order valence-corrected chi connectivity index (χ3v) is 4.70. The normalized spacial score (nSPS) is 19.6. The van der Waals surface area contributed by atoms with Crippen LogP contribution in [0.4, 0.5) is 5.69 Å². The molecule has 0 heterocycles. The second-order valence-corrected chi connectivity index (χ2v) is 6.44. The molecular weight excluding hydrogens is 323 g/mol. The molecule has 120 valence electrons. The van der Waals surface area contributed by atoms with E-state index in [0.717, 1.165) is 19.4 Å². The maximum absolute atomic E-state index is 12.2. The number of nitrogens with zero attached hydrogens (tertiary/aromatic N) is 1. The SMILES string of the molecule is CCCCN(C)C(=O)C1CC1C(=O)Nc1cccc(Cl)c1Cl. The molecule has 0 bridgehead atoms. The van der Waals surface area contributed by atoms with Crippen molar-refractivity contribution in [3.63, 3.8) is 0 Å². The molecule has 1 N–H and O–H groups in total. The monoisotopic (exact) mass is 342 g/mol. The number of hydrogen-bond acceptors (Lipinski definition) is 2. The molecule has 0 aliphatic heterocycles. The topological polar surface area (TPSA) is 49.4 Å². The van der Waals surface area contributed by atoms with Crippen LogP contribution in [0, 0.1) is 11.8 Å². The third-order valence-electron chi connectivity index (χ3n) is 3.88. The molecule has 2 rings (SSSR count). The largest absolute Gasteiger partial charge is 0.346 e. The first kappa shape index (κ1) is 17.1. The zero-order valence-electron chi connectivity index (χ0n) is 12.7. The van der Waals surface area contributed by atoms with Crippen molar-refractivity contribution < 1.29 is 9.59 Å². The molecule has 0 aromatic heterocycles. The second kappa shape index (κ2) is 7.34. The van der Waals surface area contributed by atoms with E-state index in [2.05, 4.69) is 12.2 Å². The van der Waals surface area contributed by atoms with Crippen molar-refractivity contribution in [3.05, 3.63) is 28.2 Å². The Kier molecular flexibility index (Phi) is 5.70. The van der Waals surface area contributed by atoms with Gasteiger partial charge in [0.05, 0.1) is 27.6 Å². The van der Waals surface area contributed by atoms with E-state index in [1.165, 1.54) is 0 Å². The van der Waals surface area contributed by atoms with Gasteiger partial charge in [0.1, 0.15) is 0 Å². The Labute approximate surface area is 140 Å². The van der Waals surface area contributed by atoms with Crippen molar-refractivity contribution >= 4 is 40.7 Å². The van der Waals surface area contributed by atoms with Gasteiger partial charge in [-0.05, 0) is 25.0 Å². The maximum atomic E-state index is 12.2. The summed E-state index contributed by atoms with van der Waals surface area (Å²) in [5, 5.41) is 3.47. The fraction of sp³-hybridized carbons (Fsp3) is 0.500. The van der Waals surface area contributed by atoms with E-state index in [0.29, 0.717) is 22.2 Å². The molecule has 1 fully saturated rings. The summed E-state index contributed by atoms with van der Waals surface area (Å²) in [6.07, 6.45) is 2.61. The van der Waals surface area contributed by atoms with Crippen molar-refractivity contribution in [3.8, 4) is 0 Å². The quantitative estimate of drug-likeness (QED) is 0.853. The Hall–Kier alpha value is -1.26. The van der Waals surface area contributed by atoms with Crippen LogP contribution in [0.25, 0.3) is 0 Å². The van der Waals surface area contributed by atoms with Gasteiger partial charge >= 0.3 is 0 Å². The molecule has 0 spiro atoms. The fourth-order valence-corrected chi connectivity index (χ4v) is 2.72.